The average Bonchev–Trinajstić information content (AvgIpc) is 2.36. The zero-order valence-corrected chi connectivity index (χ0v) is 11.5. The molecule has 1 saturated heterocycles. The summed E-state index contributed by atoms with van der Waals surface area (Å²) in [4.78, 5) is 0. The Labute approximate surface area is 116 Å². The summed E-state index contributed by atoms with van der Waals surface area (Å²) in [5.74, 6) is -1.43. The molecule has 1 aromatic carbocycles. The Balaban J connectivity index is 2.06. The lowest BCUT2D eigenvalue weighted by molar-refractivity contribution is 0.462. The van der Waals surface area contributed by atoms with Crippen molar-refractivity contribution in [1.29, 1.82) is 5.26 Å². The first-order valence-electron chi connectivity index (χ1n) is 6.23. The van der Waals surface area contributed by atoms with Crippen molar-refractivity contribution in [2.45, 2.75) is 25.4 Å². The third-order valence-electron chi connectivity index (χ3n) is 3.30. The Kier molecular flexibility index (Phi) is 4.35. The molecule has 0 aliphatic carbocycles. The smallest absolute Gasteiger partial charge is 0.151 e. The van der Waals surface area contributed by atoms with Crippen molar-refractivity contribution in [3.05, 3.63) is 34.9 Å². The molecule has 1 fully saturated rings. The number of rotatable bonds is 3. The van der Waals surface area contributed by atoms with E-state index in [1.165, 1.54) is 0 Å². The molecule has 108 valence electrons. The Hall–Kier alpha value is -1.52. The molecule has 0 radical (unpaired) electrons. The minimum absolute atomic E-state index is 0.00742. The van der Waals surface area contributed by atoms with Gasteiger partial charge < -0.3 is 5.32 Å². The molecule has 1 heterocycles. The SMILES string of the molecule is N#Cc1cc(F)c(CNC2CCCS(=O)(=O)C2)c(F)c1. The predicted octanol–water partition coefficient (Wildman–Crippen LogP) is 1.50. The van der Waals surface area contributed by atoms with Crippen molar-refractivity contribution >= 4 is 9.84 Å². The van der Waals surface area contributed by atoms with Gasteiger partial charge in [-0.2, -0.15) is 5.26 Å². The Bertz CT molecular complexity index is 630. The molecule has 1 aliphatic heterocycles. The van der Waals surface area contributed by atoms with Gasteiger partial charge in [-0.05, 0) is 25.0 Å². The number of nitrogens with zero attached hydrogens (tertiary/aromatic N) is 1. The van der Waals surface area contributed by atoms with E-state index < -0.39 is 21.5 Å². The van der Waals surface area contributed by atoms with Crippen LogP contribution in [0.15, 0.2) is 12.1 Å². The monoisotopic (exact) mass is 300 g/mol. The third-order valence-corrected chi connectivity index (χ3v) is 5.12. The maximum Gasteiger partial charge on any atom is 0.151 e. The summed E-state index contributed by atoms with van der Waals surface area (Å²) >= 11 is 0. The molecule has 0 aromatic heterocycles. The molecule has 0 bridgehead atoms. The molecule has 1 unspecified atom stereocenters. The molecule has 2 rings (SSSR count). The maximum atomic E-state index is 13.7. The van der Waals surface area contributed by atoms with Crippen molar-refractivity contribution in [2.75, 3.05) is 11.5 Å². The average molecular weight is 300 g/mol. The third kappa shape index (κ3) is 3.52. The number of halogens is 2. The van der Waals surface area contributed by atoms with E-state index in [4.69, 9.17) is 5.26 Å². The van der Waals surface area contributed by atoms with Crippen LogP contribution in [0.3, 0.4) is 0 Å². The first kappa shape index (κ1) is 14.9. The lowest BCUT2D eigenvalue weighted by Crippen LogP contribution is -2.40. The molecule has 1 N–H and O–H groups in total. The number of benzene rings is 1. The number of nitriles is 1. The normalized spacial score (nSPS) is 21.4. The van der Waals surface area contributed by atoms with Gasteiger partial charge in [0.1, 0.15) is 11.6 Å². The Morgan fingerprint density at radius 2 is 2.00 bits per heavy atom. The van der Waals surface area contributed by atoms with Crippen LogP contribution in [0, 0.1) is 23.0 Å². The second-order valence-corrected chi connectivity index (χ2v) is 7.09. The van der Waals surface area contributed by atoms with Crippen molar-refractivity contribution in [3.8, 4) is 6.07 Å². The van der Waals surface area contributed by atoms with Crippen LogP contribution in [0.25, 0.3) is 0 Å². The topological polar surface area (TPSA) is 70.0 Å². The van der Waals surface area contributed by atoms with Gasteiger partial charge in [-0.3, -0.25) is 0 Å². The fourth-order valence-electron chi connectivity index (χ4n) is 2.27. The standard InChI is InChI=1S/C13H14F2N2O2S/c14-12-4-9(6-16)5-13(15)11(12)7-17-10-2-1-3-20(18,19)8-10/h4-5,10,17H,1-3,7-8H2. The van der Waals surface area contributed by atoms with Gasteiger partial charge in [0.15, 0.2) is 9.84 Å². The lowest BCUT2D eigenvalue weighted by atomic mass is 10.1. The van der Waals surface area contributed by atoms with Gasteiger partial charge >= 0.3 is 0 Å². The van der Waals surface area contributed by atoms with Crippen molar-refractivity contribution < 1.29 is 17.2 Å². The fraction of sp³-hybridized carbons (Fsp3) is 0.462. The number of hydrogen-bond donors (Lipinski definition) is 1. The summed E-state index contributed by atoms with van der Waals surface area (Å²) in [5.41, 5.74) is -0.254. The van der Waals surface area contributed by atoms with Gasteiger partial charge in [0.05, 0.1) is 23.1 Å². The fourth-order valence-corrected chi connectivity index (χ4v) is 3.94. The molecule has 0 amide bonds. The number of sulfone groups is 1. The van der Waals surface area contributed by atoms with Gasteiger partial charge in [0.25, 0.3) is 0 Å². The molecule has 0 spiro atoms. The van der Waals surface area contributed by atoms with Gasteiger partial charge in [0, 0.05) is 18.2 Å². The molecule has 7 heteroatoms. The molecular formula is C13H14F2N2O2S. The summed E-state index contributed by atoms with van der Waals surface area (Å²) in [5, 5.41) is 11.5. The summed E-state index contributed by atoms with van der Waals surface area (Å²) in [6, 6.07) is 3.32. The Morgan fingerprint density at radius 1 is 1.35 bits per heavy atom. The largest absolute Gasteiger partial charge is 0.309 e. The Morgan fingerprint density at radius 3 is 2.55 bits per heavy atom. The van der Waals surface area contributed by atoms with Gasteiger partial charge in [0.2, 0.25) is 0 Å². The molecule has 1 atom stereocenters. The van der Waals surface area contributed by atoms with Crippen LogP contribution in [-0.4, -0.2) is 26.0 Å². The highest BCUT2D eigenvalue weighted by Crippen LogP contribution is 2.17. The summed E-state index contributed by atoms with van der Waals surface area (Å²) in [6.07, 6.45) is 1.22. The predicted molar refractivity (Wildman–Crippen MR) is 69.6 cm³/mol. The van der Waals surface area contributed by atoms with Crippen molar-refractivity contribution in [1.82, 2.24) is 5.32 Å². The number of nitrogens with one attached hydrogen (secondary N) is 1. The molecule has 1 aromatic rings. The van der Waals surface area contributed by atoms with E-state index in [9.17, 15) is 17.2 Å². The first-order valence-corrected chi connectivity index (χ1v) is 8.05. The first-order chi connectivity index (χ1) is 9.41. The van der Waals surface area contributed by atoms with Crippen LogP contribution in [0.4, 0.5) is 8.78 Å². The zero-order valence-electron chi connectivity index (χ0n) is 10.7. The molecular weight excluding hydrogens is 286 g/mol. The number of hydrogen-bond acceptors (Lipinski definition) is 4. The maximum absolute atomic E-state index is 13.7. The van der Waals surface area contributed by atoms with E-state index in [0.717, 1.165) is 12.1 Å². The van der Waals surface area contributed by atoms with Gasteiger partial charge in [-0.1, -0.05) is 0 Å². The van der Waals surface area contributed by atoms with Crippen LogP contribution >= 0.6 is 0 Å². The van der Waals surface area contributed by atoms with E-state index in [2.05, 4.69) is 5.32 Å². The highest BCUT2D eigenvalue weighted by Gasteiger charge is 2.24. The van der Waals surface area contributed by atoms with E-state index in [1.807, 2.05) is 0 Å². The van der Waals surface area contributed by atoms with Gasteiger partial charge in [-0.25, -0.2) is 17.2 Å². The van der Waals surface area contributed by atoms with Crippen molar-refractivity contribution in [2.24, 2.45) is 0 Å². The quantitative estimate of drug-likeness (QED) is 0.918. The van der Waals surface area contributed by atoms with Crippen LogP contribution < -0.4 is 5.32 Å². The minimum Gasteiger partial charge on any atom is -0.309 e. The second-order valence-electron chi connectivity index (χ2n) is 4.86. The highest BCUT2D eigenvalue weighted by molar-refractivity contribution is 7.91. The summed E-state index contributed by atoms with van der Waals surface area (Å²) in [7, 11) is -3.06. The summed E-state index contributed by atoms with van der Waals surface area (Å²) < 4.78 is 50.2. The van der Waals surface area contributed by atoms with Crippen LogP contribution in [0.5, 0.6) is 0 Å². The van der Waals surface area contributed by atoms with E-state index in [0.29, 0.717) is 12.8 Å². The van der Waals surface area contributed by atoms with Crippen LogP contribution in [0.2, 0.25) is 0 Å². The lowest BCUT2D eigenvalue weighted by Gasteiger charge is -2.23. The van der Waals surface area contributed by atoms with Gasteiger partial charge in [-0.15, -0.1) is 0 Å². The summed E-state index contributed by atoms with van der Waals surface area (Å²) in [6.45, 7) is -0.0937. The van der Waals surface area contributed by atoms with Crippen LogP contribution in [0.1, 0.15) is 24.0 Å². The minimum atomic E-state index is -3.06. The molecule has 4 nitrogen and oxygen atoms in total. The zero-order chi connectivity index (χ0) is 14.8. The second kappa shape index (κ2) is 5.85. The van der Waals surface area contributed by atoms with Crippen LogP contribution in [-0.2, 0) is 16.4 Å². The highest BCUT2D eigenvalue weighted by atomic mass is 32.2. The van der Waals surface area contributed by atoms with Crippen molar-refractivity contribution in [3.63, 3.8) is 0 Å². The van der Waals surface area contributed by atoms with E-state index in [-0.39, 0.29) is 35.2 Å². The van der Waals surface area contributed by atoms with E-state index in [1.54, 1.807) is 6.07 Å². The molecule has 20 heavy (non-hydrogen) atoms. The molecule has 0 saturated carbocycles. The molecule has 1 aliphatic rings. The van der Waals surface area contributed by atoms with E-state index >= 15 is 0 Å².